The topological polar surface area (TPSA) is 50.9 Å². The van der Waals surface area contributed by atoms with Crippen LogP contribution in [0.15, 0.2) is 4.90 Å². The van der Waals surface area contributed by atoms with Gasteiger partial charge in [0, 0.05) is 13.0 Å². The van der Waals surface area contributed by atoms with Crippen LogP contribution < -0.4 is 11.1 Å². The molecule has 0 saturated heterocycles. The SMILES string of the molecule is CSc1c(N)nsc1NCCCCC(F)(F)F. The van der Waals surface area contributed by atoms with Crippen LogP contribution in [0.3, 0.4) is 0 Å². The van der Waals surface area contributed by atoms with Crippen LogP contribution in [-0.4, -0.2) is 23.4 Å². The van der Waals surface area contributed by atoms with Crippen LogP contribution in [0.1, 0.15) is 19.3 Å². The predicted molar refractivity (Wildman–Crippen MR) is 66.7 cm³/mol. The zero-order chi connectivity index (χ0) is 12.9. The first-order chi connectivity index (χ1) is 7.94. The van der Waals surface area contributed by atoms with Crippen molar-refractivity contribution in [1.82, 2.24) is 4.37 Å². The van der Waals surface area contributed by atoms with Gasteiger partial charge in [-0.25, -0.2) is 0 Å². The molecule has 0 amide bonds. The first-order valence-corrected chi connectivity index (χ1v) is 7.03. The minimum atomic E-state index is -4.06. The second kappa shape index (κ2) is 6.34. The third-order valence-corrected chi connectivity index (χ3v) is 3.82. The molecular weight excluding hydrogens is 271 g/mol. The molecule has 0 aromatic carbocycles. The van der Waals surface area contributed by atoms with E-state index in [1.807, 2.05) is 6.26 Å². The van der Waals surface area contributed by atoms with Crippen LogP contribution in [0.2, 0.25) is 0 Å². The average Bonchev–Trinajstić information content (AvgIpc) is 2.57. The highest BCUT2D eigenvalue weighted by molar-refractivity contribution is 7.99. The molecule has 0 aliphatic rings. The summed E-state index contributed by atoms with van der Waals surface area (Å²) in [4.78, 5) is 0.867. The van der Waals surface area contributed by atoms with Crippen molar-refractivity contribution >= 4 is 34.1 Å². The van der Waals surface area contributed by atoms with E-state index in [4.69, 9.17) is 5.73 Å². The first kappa shape index (κ1) is 14.4. The summed E-state index contributed by atoms with van der Waals surface area (Å²) in [5, 5.41) is 3.89. The number of rotatable bonds is 6. The fraction of sp³-hybridized carbons (Fsp3) is 0.667. The van der Waals surface area contributed by atoms with Gasteiger partial charge in [-0.05, 0) is 30.6 Å². The summed E-state index contributed by atoms with van der Waals surface area (Å²) in [7, 11) is 0. The number of nitrogens with one attached hydrogen (secondary N) is 1. The van der Waals surface area contributed by atoms with Gasteiger partial charge in [0.1, 0.15) is 5.00 Å². The Bertz CT molecular complexity index is 352. The van der Waals surface area contributed by atoms with Crippen molar-refractivity contribution in [2.45, 2.75) is 30.3 Å². The highest BCUT2D eigenvalue weighted by Crippen LogP contribution is 2.34. The van der Waals surface area contributed by atoms with Gasteiger partial charge in [0.2, 0.25) is 0 Å². The summed E-state index contributed by atoms with van der Waals surface area (Å²) in [6.45, 7) is 0.505. The maximum Gasteiger partial charge on any atom is 0.389 e. The molecule has 1 heterocycles. The summed E-state index contributed by atoms with van der Waals surface area (Å²) in [5.74, 6) is 0.472. The van der Waals surface area contributed by atoms with E-state index in [1.54, 1.807) is 0 Å². The minimum absolute atomic E-state index is 0.138. The maximum atomic E-state index is 11.9. The van der Waals surface area contributed by atoms with Crippen molar-refractivity contribution in [2.75, 3.05) is 23.9 Å². The third-order valence-electron chi connectivity index (χ3n) is 2.05. The first-order valence-electron chi connectivity index (χ1n) is 5.04. The monoisotopic (exact) mass is 285 g/mol. The standard InChI is InChI=1S/C9H14F3N3S2/c1-16-6-7(13)15-17-8(6)14-5-3-2-4-9(10,11)12/h14H,2-5H2,1H3,(H2,13,15). The number of aromatic nitrogens is 1. The molecule has 0 atom stereocenters. The van der Waals surface area contributed by atoms with Crippen molar-refractivity contribution < 1.29 is 13.2 Å². The van der Waals surface area contributed by atoms with E-state index in [0.717, 1.165) is 9.90 Å². The van der Waals surface area contributed by atoms with Gasteiger partial charge in [-0.15, -0.1) is 11.8 Å². The summed E-state index contributed by atoms with van der Waals surface area (Å²) in [6.07, 6.45) is -2.28. The molecule has 0 radical (unpaired) electrons. The van der Waals surface area contributed by atoms with Crippen molar-refractivity contribution in [3.05, 3.63) is 0 Å². The number of hydrogen-bond acceptors (Lipinski definition) is 5. The third kappa shape index (κ3) is 5.03. The summed E-state index contributed by atoms with van der Waals surface area (Å²) in [5.41, 5.74) is 5.63. The molecule has 8 heteroatoms. The quantitative estimate of drug-likeness (QED) is 0.619. The number of unbranched alkanes of at least 4 members (excludes halogenated alkanes) is 1. The highest BCUT2D eigenvalue weighted by Gasteiger charge is 2.25. The fourth-order valence-electron chi connectivity index (χ4n) is 1.26. The van der Waals surface area contributed by atoms with Crippen LogP contribution in [0, 0.1) is 0 Å². The number of alkyl halides is 3. The van der Waals surface area contributed by atoms with E-state index in [2.05, 4.69) is 9.69 Å². The van der Waals surface area contributed by atoms with E-state index in [-0.39, 0.29) is 6.42 Å². The Labute approximate surface area is 106 Å². The Kier molecular flexibility index (Phi) is 5.38. The molecule has 1 aromatic rings. The molecule has 0 aliphatic heterocycles. The van der Waals surface area contributed by atoms with E-state index < -0.39 is 12.6 Å². The van der Waals surface area contributed by atoms with Crippen LogP contribution in [0.25, 0.3) is 0 Å². The molecular formula is C9H14F3N3S2. The lowest BCUT2D eigenvalue weighted by Gasteiger charge is -2.07. The van der Waals surface area contributed by atoms with Crippen molar-refractivity contribution in [1.29, 1.82) is 0 Å². The zero-order valence-electron chi connectivity index (χ0n) is 9.30. The second-order valence-corrected chi connectivity index (χ2v) is 5.02. The molecule has 0 unspecified atom stereocenters. The van der Waals surface area contributed by atoms with E-state index >= 15 is 0 Å². The molecule has 3 N–H and O–H groups in total. The minimum Gasteiger partial charge on any atom is -0.382 e. The number of nitrogen functional groups attached to an aromatic ring is 1. The Morgan fingerprint density at radius 1 is 1.41 bits per heavy atom. The number of halogens is 3. The normalized spacial score (nSPS) is 11.8. The van der Waals surface area contributed by atoms with Gasteiger partial charge >= 0.3 is 6.18 Å². The van der Waals surface area contributed by atoms with Gasteiger partial charge in [0.15, 0.2) is 5.82 Å². The number of thioether (sulfide) groups is 1. The smallest absolute Gasteiger partial charge is 0.382 e. The fourth-order valence-corrected chi connectivity index (χ4v) is 2.82. The molecule has 0 aliphatic carbocycles. The molecule has 98 valence electrons. The van der Waals surface area contributed by atoms with Crippen LogP contribution >= 0.6 is 23.3 Å². The predicted octanol–water partition coefficient (Wildman–Crippen LogP) is 3.59. The molecule has 0 bridgehead atoms. The molecule has 1 rings (SSSR count). The summed E-state index contributed by atoms with van der Waals surface area (Å²) in [6, 6.07) is 0. The number of nitrogens with zero attached hydrogens (tertiary/aromatic N) is 1. The second-order valence-electron chi connectivity index (χ2n) is 3.43. The van der Waals surface area contributed by atoms with Crippen molar-refractivity contribution in [2.24, 2.45) is 0 Å². The van der Waals surface area contributed by atoms with Gasteiger partial charge < -0.3 is 11.1 Å². The molecule has 0 fully saturated rings. The molecule has 1 aromatic heterocycles. The highest BCUT2D eigenvalue weighted by atomic mass is 32.2. The van der Waals surface area contributed by atoms with E-state index in [1.165, 1.54) is 23.3 Å². The van der Waals surface area contributed by atoms with Gasteiger partial charge in [-0.1, -0.05) is 0 Å². The summed E-state index contributed by atoms with van der Waals surface area (Å²) < 4.78 is 39.6. The molecule has 0 spiro atoms. The Balaban J connectivity index is 2.27. The number of nitrogens with two attached hydrogens (primary N) is 1. The summed E-state index contributed by atoms with van der Waals surface area (Å²) >= 11 is 2.71. The Morgan fingerprint density at radius 2 is 2.12 bits per heavy atom. The van der Waals surface area contributed by atoms with Crippen LogP contribution in [-0.2, 0) is 0 Å². The van der Waals surface area contributed by atoms with Gasteiger partial charge in [-0.3, -0.25) is 0 Å². The van der Waals surface area contributed by atoms with E-state index in [9.17, 15) is 13.2 Å². The van der Waals surface area contributed by atoms with Crippen molar-refractivity contribution in [3.63, 3.8) is 0 Å². The maximum absolute atomic E-state index is 11.9. The molecule has 3 nitrogen and oxygen atoms in total. The number of anilines is 2. The average molecular weight is 285 g/mol. The Hall–Kier alpha value is -0.630. The van der Waals surface area contributed by atoms with Crippen LogP contribution in [0.4, 0.5) is 24.0 Å². The lowest BCUT2D eigenvalue weighted by Crippen LogP contribution is -2.08. The number of hydrogen-bond donors (Lipinski definition) is 2. The van der Waals surface area contributed by atoms with Gasteiger partial charge in [-0.2, -0.15) is 17.5 Å². The van der Waals surface area contributed by atoms with Crippen molar-refractivity contribution in [3.8, 4) is 0 Å². The van der Waals surface area contributed by atoms with Crippen LogP contribution in [0.5, 0.6) is 0 Å². The van der Waals surface area contributed by atoms with E-state index in [0.29, 0.717) is 18.8 Å². The zero-order valence-corrected chi connectivity index (χ0v) is 10.9. The van der Waals surface area contributed by atoms with Gasteiger partial charge in [0.05, 0.1) is 4.90 Å². The largest absolute Gasteiger partial charge is 0.389 e. The van der Waals surface area contributed by atoms with Gasteiger partial charge in [0.25, 0.3) is 0 Å². The molecule has 0 saturated carbocycles. The lowest BCUT2D eigenvalue weighted by molar-refractivity contribution is -0.135. The lowest BCUT2D eigenvalue weighted by atomic mass is 10.2. The molecule has 17 heavy (non-hydrogen) atoms. The Morgan fingerprint density at radius 3 is 2.71 bits per heavy atom.